The Bertz CT molecular complexity index is 1450. The lowest BCUT2D eigenvalue weighted by Crippen LogP contribution is -2.40. The van der Waals surface area contributed by atoms with Gasteiger partial charge >= 0.3 is 0 Å². The van der Waals surface area contributed by atoms with Gasteiger partial charge in [-0.1, -0.05) is 18.5 Å². The molecule has 8 heteroatoms. The highest BCUT2D eigenvalue weighted by atomic mass is 35.5. The van der Waals surface area contributed by atoms with E-state index >= 15 is 0 Å². The van der Waals surface area contributed by atoms with E-state index in [4.69, 9.17) is 21.3 Å². The molecule has 0 N–H and O–H groups in total. The molecule has 0 spiro atoms. The molecular weight excluding hydrogens is 486 g/mol. The van der Waals surface area contributed by atoms with Crippen molar-refractivity contribution in [1.29, 1.82) is 0 Å². The summed E-state index contributed by atoms with van der Waals surface area (Å²) >= 11 is 6.20. The van der Waals surface area contributed by atoms with Crippen LogP contribution in [0.15, 0.2) is 55.1 Å². The Balaban J connectivity index is 1.18. The summed E-state index contributed by atoms with van der Waals surface area (Å²) in [5.74, 6) is 2.34. The van der Waals surface area contributed by atoms with Gasteiger partial charge in [0.15, 0.2) is 5.78 Å². The van der Waals surface area contributed by atoms with Gasteiger partial charge in [-0.2, -0.15) is 5.10 Å². The predicted octanol–water partition coefficient (Wildman–Crippen LogP) is 6.21. The summed E-state index contributed by atoms with van der Waals surface area (Å²) in [7, 11) is 1.68. The summed E-state index contributed by atoms with van der Waals surface area (Å²) in [4.78, 5) is 24.2. The summed E-state index contributed by atoms with van der Waals surface area (Å²) < 4.78 is 7.48. The second-order valence-electron chi connectivity index (χ2n) is 10.6. The molecule has 0 amide bonds. The van der Waals surface area contributed by atoms with Gasteiger partial charge in [-0.05, 0) is 67.3 Å². The van der Waals surface area contributed by atoms with E-state index in [2.05, 4.69) is 40.1 Å². The lowest BCUT2D eigenvalue weighted by Gasteiger charge is -2.39. The Kier molecular flexibility index (Phi) is 6.11. The van der Waals surface area contributed by atoms with Crippen molar-refractivity contribution < 1.29 is 9.53 Å². The molecule has 5 heterocycles. The van der Waals surface area contributed by atoms with E-state index in [1.807, 2.05) is 23.1 Å². The average Bonchev–Trinajstić information content (AvgIpc) is 3.67. The summed E-state index contributed by atoms with van der Waals surface area (Å²) in [6.45, 7) is 3.89. The molecule has 0 unspecified atom stereocenters. The van der Waals surface area contributed by atoms with Crippen molar-refractivity contribution in [1.82, 2.24) is 19.6 Å². The molecule has 1 aliphatic heterocycles. The number of piperidine rings is 1. The highest BCUT2D eigenvalue weighted by molar-refractivity contribution is 6.33. The van der Waals surface area contributed by atoms with Gasteiger partial charge in [0.25, 0.3) is 0 Å². The molecule has 0 radical (unpaired) electrons. The number of methoxy groups -OCH3 is 1. The molecule has 0 atom stereocenters. The van der Waals surface area contributed by atoms with E-state index in [9.17, 15) is 4.79 Å². The Morgan fingerprint density at radius 1 is 1.16 bits per heavy atom. The van der Waals surface area contributed by atoms with Crippen molar-refractivity contribution in [2.45, 2.75) is 44.9 Å². The first-order valence-corrected chi connectivity index (χ1v) is 13.2. The second-order valence-corrected chi connectivity index (χ2v) is 11.0. The van der Waals surface area contributed by atoms with Gasteiger partial charge in [0, 0.05) is 48.6 Å². The summed E-state index contributed by atoms with van der Waals surface area (Å²) in [5, 5.41) is 5.02. The molecule has 6 rings (SSSR count). The van der Waals surface area contributed by atoms with Crippen molar-refractivity contribution in [3.05, 3.63) is 71.4 Å². The van der Waals surface area contributed by atoms with Crippen LogP contribution in [-0.4, -0.2) is 45.6 Å². The number of aromatic nitrogens is 4. The van der Waals surface area contributed by atoms with Gasteiger partial charge in [0.05, 0.1) is 30.0 Å². The molecule has 2 aliphatic rings. The fourth-order valence-electron chi connectivity index (χ4n) is 5.39. The van der Waals surface area contributed by atoms with Crippen molar-refractivity contribution in [3.8, 4) is 16.9 Å². The quantitative estimate of drug-likeness (QED) is 0.272. The molecule has 0 bridgehead atoms. The zero-order chi connectivity index (χ0) is 25.6. The van der Waals surface area contributed by atoms with Crippen LogP contribution in [0.3, 0.4) is 0 Å². The topological polar surface area (TPSA) is 72.6 Å². The third-order valence-electron chi connectivity index (χ3n) is 7.83. The largest absolute Gasteiger partial charge is 0.495 e. The fourth-order valence-corrected chi connectivity index (χ4v) is 5.62. The number of pyridine rings is 3. The molecule has 190 valence electrons. The Morgan fingerprint density at radius 3 is 2.65 bits per heavy atom. The number of anilines is 1. The molecule has 4 aromatic heterocycles. The maximum atomic E-state index is 12.9. The Hall–Kier alpha value is -3.45. The molecular formula is C29H30ClN5O2. The highest BCUT2D eigenvalue weighted by Crippen LogP contribution is 2.44. The molecule has 2 fully saturated rings. The molecule has 7 nitrogen and oxygen atoms in total. The van der Waals surface area contributed by atoms with Crippen molar-refractivity contribution in [2.24, 2.45) is 5.41 Å². The summed E-state index contributed by atoms with van der Waals surface area (Å²) in [6.07, 6.45) is 12.2. The second kappa shape index (κ2) is 9.45. The number of carbonyl (C=O) groups excluding carboxylic acids is 1. The van der Waals surface area contributed by atoms with E-state index in [1.54, 1.807) is 25.4 Å². The van der Waals surface area contributed by atoms with Gasteiger partial charge in [-0.15, -0.1) is 0 Å². The van der Waals surface area contributed by atoms with Crippen LogP contribution < -0.4 is 9.64 Å². The maximum Gasteiger partial charge on any atom is 0.183 e. The number of fused-ring (bicyclic) bond motifs is 1. The van der Waals surface area contributed by atoms with E-state index < -0.39 is 0 Å². The minimum Gasteiger partial charge on any atom is -0.495 e. The zero-order valence-electron chi connectivity index (χ0n) is 21.2. The molecule has 1 aliphatic carbocycles. The number of halogens is 1. The van der Waals surface area contributed by atoms with Crippen LogP contribution in [0, 0.1) is 5.41 Å². The first kappa shape index (κ1) is 23.9. The minimum absolute atomic E-state index is 0.0130. The minimum atomic E-state index is -0.0816. The van der Waals surface area contributed by atoms with Crippen molar-refractivity contribution >= 4 is 28.7 Å². The van der Waals surface area contributed by atoms with Gasteiger partial charge in [-0.25, -0.2) is 9.50 Å². The standard InChI is InChI=1S/C29H30ClN5O2/c1-29(15-25(36)27-24(30)4-3-11-31-27)9-12-34(13-10-29)26-8-7-20(16-32-26)22-14-21(37-2)18-35-28(22)23(17-33-35)19-5-6-19/h3-4,7-8,11,14,16-19H,5-6,9-10,12-13,15H2,1-2H3. The van der Waals surface area contributed by atoms with Crippen molar-refractivity contribution in [3.63, 3.8) is 0 Å². The Morgan fingerprint density at radius 2 is 1.97 bits per heavy atom. The summed E-state index contributed by atoms with van der Waals surface area (Å²) in [6, 6.07) is 9.78. The molecule has 37 heavy (non-hydrogen) atoms. The van der Waals surface area contributed by atoms with Gasteiger partial charge in [0.2, 0.25) is 0 Å². The number of rotatable bonds is 7. The van der Waals surface area contributed by atoms with Crippen molar-refractivity contribution in [2.75, 3.05) is 25.1 Å². The first-order valence-electron chi connectivity index (χ1n) is 12.8. The highest BCUT2D eigenvalue weighted by Gasteiger charge is 2.34. The Labute approximate surface area is 221 Å². The average molecular weight is 516 g/mol. The lowest BCUT2D eigenvalue weighted by molar-refractivity contribution is 0.0893. The van der Waals surface area contributed by atoms with Gasteiger partial charge in [-0.3, -0.25) is 9.78 Å². The van der Waals surface area contributed by atoms with E-state index in [1.165, 1.54) is 18.4 Å². The number of nitrogens with zero attached hydrogens (tertiary/aromatic N) is 5. The smallest absolute Gasteiger partial charge is 0.183 e. The van der Waals surface area contributed by atoms with E-state index in [-0.39, 0.29) is 11.2 Å². The predicted molar refractivity (Wildman–Crippen MR) is 145 cm³/mol. The van der Waals surface area contributed by atoms with Crippen LogP contribution in [0.2, 0.25) is 5.02 Å². The van der Waals surface area contributed by atoms with Crippen LogP contribution in [0.25, 0.3) is 16.6 Å². The number of Topliss-reactive ketones (excluding diaryl/α,β-unsaturated/α-hetero) is 1. The fraction of sp³-hybridized carbons (Fsp3) is 0.379. The maximum absolute atomic E-state index is 12.9. The number of ketones is 1. The normalized spacial score (nSPS) is 17.2. The third-order valence-corrected chi connectivity index (χ3v) is 8.14. The molecule has 1 saturated heterocycles. The van der Waals surface area contributed by atoms with Crippen LogP contribution in [0.1, 0.15) is 61.0 Å². The molecule has 0 aromatic carbocycles. The number of carbonyl (C=O) groups is 1. The number of hydrogen-bond donors (Lipinski definition) is 0. The van der Waals surface area contributed by atoms with E-state index in [0.717, 1.165) is 54.1 Å². The zero-order valence-corrected chi connectivity index (χ0v) is 21.9. The summed E-state index contributed by atoms with van der Waals surface area (Å²) in [5.41, 5.74) is 4.88. The lowest BCUT2D eigenvalue weighted by atomic mass is 9.76. The van der Waals surface area contributed by atoms with Crippen LogP contribution in [0.4, 0.5) is 5.82 Å². The number of hydrogen-bond acceptors (Lipinski definition) is 6. The van der Waals surface area contributed by atoms with E-state index in [0.29, 0.717) is 23.1 Å². The first-order chi connectivity index (χ1) is 17.9. The monoisotopic (exact) mass is 515 g/mol. The van der Waals surface area contributed by atoms with Gasteiger partial charge in [0.1, 0.15) is 17.3 Å². The number of ether oxygens (including phenoxy) is 1. The molecule has 4 aromatic rings. The third kappa shape index (κ3) is 4.68. The van der Waals surface area contributed by atoms with Crippen LogP contribution in [0.5, 0.6) is 5.75 Å². The SMILES string of the molecule is COc1cc(-c2ccc(N3CCC(C)(CC(=O)c4ncccc4Cl)CC3)nc2)c2c(C3CC3)cnn2c1. The van der Waals surface area contributed by atoms with Crippen LogP contribution in [-0.2, 0) is 0 Å². The van der Waals surface area contributed by atoms with Crippen LogP contribution >= 0.6 is 11.6 Å². The molecule has 1 saturated carbocycles. The van der Waals surface area contributed by atoms with Gasteiger partial charge < -0.3 is 9.64 Å².